The molecule has 2 nitrogen and oxygen atoms in total. The number of halogens is 1. The molecular weight excluding hydrogens is 463 g/mol. The Bertz CT molecular complexity index is 674. The van der Waals surface area contributed by atoms with E-state index in [1.807, 2.05) is 11.3 Å². The highest BCUT2D eigenvalue weighted by Crippen LogP contribution is 2.16. The number of rotatable bonds is 11. The molecule has 0 aliphatic rings. The average Bonchev–Trinajstić information content (AvgIpc) is 2.99. The highest BCUT2D eigenvalue weighted by molar-refractivity contribution is 7.10. The van der Waals surface area contributed by atoms with E-state index in [4.69, 9.17) is 0 Å². The maximum atomic E-state index is 2.47. The zero-order valence-corrected chi connectivity index (χ0v) is 20.4. The Morgan fingerprint density at radius 3 is 2.19 bits per heavy atom. The minimum atomic E-state index is 0. The monoisotopic (exact) mass is 498 g/mol. The van der Waals surface area contributed by atoms with Gasteiger partial charge in [-0.1, -0.05) is 62.5 Å². The molecular formula is C23H35IN2S. The first kappa shape index (κ1) is 24.2. The number of thiazole rings is 1. The van der Waals surface area contributed by atoms with Gasteiger partial charge in [0.15, 0.2) is 5.69 Å². The van der Waals surface area contributed by atoms with Crippen LogP contribution in [0.1, 0.15) is 68.1 Å². The number of aryl methyl sites for hydroxylation is 1. The summed E-state index contributed by atoms with van der Waals surface area (Å²) in [5, 5.41) is 3.63. The average molecular weight is 499 g/mol. The molecule has 0 bridgehead atoms. The molecule has 4 heteroatoms. The van der Waals surface area contributed by atoms with E-state index in [0.29, 0.717) is 0 Å². The summed E-state index contributed by atoms with van der Waals surface area (Å²) >= 11 is 1.85. The molecule has 150 valence electrons. The lowest BCUT2D eigenvalue weighted by molar-refractivity contribution is -0.700. The third-order valence-corrected chi connectivity index (χ3v) is 5.91. The van der Waals surface area contributed by atoms with Crippen molar-refractivity contribution in [3.8, 4) is 0 Å². The van der Waals surface area contributed by atoms with Crippen LogP contribution < -0.4 is 33.4 Å². The summed E-state index contributed by atoms with van der Waals surface area (Å²) in [6, 6.07) is 8.72. The number of unbranched alkanes of at least 4 members (excludes halogenated alkanes) is 6. The molecule has 2 aromatic rings. The smallest absolute Gasteiger partial charge is 0.261 e. The van der Waals surface area contributed by atoms with E-state index in [1.165, 1.54) is 66.9 Å². The Hall–Kier alpha value is -0.880. The van der Waals surface area contributed by atoms with Crippen LogP contribution in [-0.2, 0) is 6.54 Å². The van der Waals surface area contributed by atoms with Crippen molar-refractivity contribution in [3.63, 3.8) is 0 Å². The van der Waals surface area contributed by atoms with E-state index in [0.717, 1.165) is 6.54 Å². The van der Waals surface area contributed by atoms with Crippen LogP contribution >= 0.6 is 11.3 Å². The highest BCUT2D eigenvalue weighted by atomic mass is 127. The largest absolute Gasteiger partial charge is 1.00 e. The normalized spacial score (nSPS) is 11.0. The van der Waals surface area contributed by atoms with Crippen molar-refractivity contribution in [1.29, 1.82) is 0 Å². The molecule has 0 unspecified atom stereocenters. The van der Waals surface area contributed by atoms with Gasteiger partial charge in [0.25, 0.3) is 5.01 Å². The fourth-order valence-electron chi connectivity index (χ4n) is 3.14. The van der Waals surface area contributed by atoms with Crippen molar-refractivity contribution in [2.24, 2.45) is 0 Å². The van der Waals surface area contributed by atoms with Gasteiger partial charge in [-0.3, -0.25) is 0 Å². The molecule has 0 saturated heterocycles. The Labute approximate surface area is 187 Å². The van der Waals surface area contributed by atoms with E-state index in [-0.39, 0.29) is 24.0 Å². The molecule has 0 amide bonds. The van der Waals surface area contributed by atoms with Gasteiger partial charge in [-0.05, 0) is 30.2 Å². The number of nitrogens with zero attached hydrogens (tertiary/aromatic N) is 2. The summed E-state index contributed by atoms with van der Waals surface area (Å²) in [7, 11) is 4.15. The lowest BCUT2D eigenvalue weighted by atomic mass is 10.1. The first-order chi connectivity index (χ1) is 12.6. The van der Waals surface area contributed by atoms with Crippen LogP contribution in [0.3, 0.4) is 0 Å². The molecule has 2 rings (SSSR count). The molecule has 0 aliphatic heterocycles. The van der Waals surface area contributed by atoms with Gasteiger partial charge in [-0.15, -0.1) is 0 Å². The standard InChI is InChI=1S/C23H35N2S.HI/c1-5-6-7-8-9-10-11-18-25-20(2)19-26-23(25)17-14-21-12-15-22(16-13-21)24(3)4;/h12-17,19H,5-11,18H2,1-4H3;1H/q+1;/p-1. The van der Waals surface area contributed by atoms with Crippen molar-refractivity contribution in [2.45, 2.75) is 65.3 Å². The lowest BCUT2D eigenvalue weighted by Gasteiger charge is -2.11. The van der Waals surface area contributed by atoms with Gasteiger partial charge in [-0.25, -0.2) is 0 Å². The molecule has 1 aromatic carbocycles. The lowest BCUT2D eigenvalue weighted by Crippen LogP contribution is -3.00. The molecule has 0 aliphatic carbocycles. The molecule has 1 aromatic heterocycles. The van der Waals surface area contributed by atoms with Gasteiger partial charge in [0.1, 0.15) is 6.54 Å². The Balaban J connectivity index is 0.00000364. The van der Waals surface area contributed by atoms with Crippen molar-refractivity contribution >= 4 is 29.2 Å². The van der Waals surface area contributed by atoms with E-state index >= 15 is 0 Å². The van der Waals surface area contributed by atoms with Gasteiger partial charge < -0.3 is 28.9 Å². The summed E-state index contributed by atoms with van der Waals surface area (Å²) < 4.78 is 2.47. The van der Waals surface area contributed by atoms with Crippen molar-refractivity contribution in [1.82, 2.24) is 0 Å². The van der Waals surface area contributed by atoms with Crippen molar-refractivity contribution in [3.05, 3.63) is 45.9 Å². The molecule has 0 saturated carbocycles. The predicted molar refractivity (Wildman–Crippen MR) is 117 cm³/mol. The van der Waals surface area contributed by atoms with Crippen LogP contribution in [0.5, 0.6) is 0 Å². The summed E-state index contributed by atoms with van der Waals surface area (Å²) in [6.07, 6.45) is 14.0. The highest BCUT2D eigenvalue weighted by Gasteiger charge is 2.14. The van der Waals surface area contributed by atoms with Crippen LogP contribution in [0.2, 0.25) is 0 Å². The van der Waals surface area contributed by atoms with Crippen LogP contribution in [0.15, 0.2) is 29.6 Å². The third-order valence-electron chi connectivity index (χ3n) is 4.86. The number of hydrogen-bond acceptors (Lipinski definition) is 2. The minimum absolute atomic E-state index is 0. The predicted octanol–water partition coefficient (Wildman–Crippen LogP) is 3.34. The molecule has 0 spiro atoms. The zero-order chi connectivity index (χ0) is 18.8. The first-order valence-electron chi connectivity index (χ1n) is 10.0. The number of benzene rings is 1. The Morgan fingerprint density at radius 1 is 0.926 bits per heavy atom. The van der Waals surface area contributed by atoms with E-state index < -0.39 is 0 Å². The maximum Gasteiger partial charge on any atom is 0.261 e. The topological polar surface area (TPSA) is 7.12 Å². The summed E-state index contributed by atoms with van der Waals surface area (Å²) in [6.45, 7) is 5.64. The van der Waals surface area contributed by atoms with Crippen LogP contribution in [-0.4, -0.2) is 14.1 Å². The minimum Gasteiger partial charge on any atom is -1.00 e. The Morgan fingerprint density at radius 2 is 1.56 bits per heavy atom. The number of hydrogen-bond donors (Lipinski definition) is 0. The second kappa shape index (κ2) is 13.3. The fourth-order valence-corrected chi connectivity index (χ4v) is 4.07. The molecule has 0 N–H and O–H groups in total. The number of aromatic nitrogens is 1. The van der Waals surface area contributed by atoms with Crippen LogP contribution in [0.4, 0.5) is 5.69 Å². The molecule has 0 fully saturated rings. The van der Waals surface area contributed by atoms with E-state index in [9.17, 15) is 0 Å². The van der Waals surface area contributed by atoms with Gasteiger partial charge in [0.05, 0.1) is 5.38 Å². The number of anilines is 1. The van der Waals surface area contributed by atoms with Gasteiger partial charge in [-0.2, -0.15) is 4.57 Å². The van der Waals surface area contributed by atoms with Crippen molar-refractivity contribution < 1.29 is 28.5 Å². The first-order valence-corrected chi connectivity index (χ1v) is 10.9. The van der Waals surface area contributed by atoms with Crippen molar-refractivity contribution in [2.75, 3.05) is 19.0 Å². The maximum absolute atomic E-state index is 2.47. The van der Waals surface area contributed by atoms with Gasteiger partial charge in [0, 0.05) is 39.2 Å². The second-order valence-corrected chi connectivity index (χ2v) is 8.20. The SMILES string of the molecule is CCCCCCCCC[n+]1c(C)csc1/C=C/c1ccc(N(C)C)cc1.[I-]. The van der Waals surface area contributed by atoms with Gasteiger partial charge in [0.2, 0.25) is 0 Å². The van der Waals surface area contributed by atoms with Crippen LogP contribution in [0, 0.1) is 6.92 Å². The molecule has 27 heavy (non-hydrogen) atoms. The quantitative estimate of drug-likeness (QED) is 0.262. The molecule has 0 radical (unpaired) electrons. The van der Waals surface area contributed by atoms with Crippen LogP contribution in [0.25, 0.3) is 12.2 Å². The summed E-state index contributed by atoms with van der Waals surface area (Å²) in [4.78, 5) is 2.13. The summed E-state index contributed by atoms with van der Waals surface area (Å²) in [5.41, 5.74) is 3.87. The zero-order valence-electron chi connectivity index (χ0n) is 17.4. The Kier molecular flexibility index (Phi) is 11.9. The van der Waals surface area contributed by atoms with E-state index in [1.54, 1.807) is 0 Å². The fraction of sp³-hybridized carbons (Fsp3) is 0.522. The van der Waals surface area contributed by atoms with Gasteiger partial charge >= 0.3 is 0 Å². The second-order valence-electron chi connectivity index (χ2n) is 7.31. The van der Waals surface area contributed by atoms with E-state index in [2.05, 4.69) is 79.2 Å². The molecule has 1 heterocycles. The summed E-state index contributed by atoms with van der Waals surface area (Å²) in [5.74, 6) is 0. The molecule has 0 atom stereocenters. The third kappa shape index (κ3) is 8.34.